The van der Waals surface area contributed by atoms with Crippen molar-refractivity contribution in [3.8, 4) is 5.75 Å². The fourth-order valence-electron chi connectivity index (χ4n) is 4.08. The van der Waals surface area contributed by atoms with Gasteiger partial charge in [0.1, 0.15) is 5.75 Å². The van der Waals surface area contributed by atoms with E-state index in [9.17, 15) is 0 Å². The molecule has 1 saturated carbocycles. The Morgan fingerprint density at radius 1 is 1.22 bits per heavy atom. The molecule has 2 aromatic rings. The Bertz CT molecular complexity index is 636. The molecular formula is C19H25N3O. The first-order valence-corrected chi connectivity index (χ1v) is 8.62. The van der Waals surface area contributed by atoms with Crippen molar-refractivity contribution in [3.63, 3.8) is 0 Å². The summed E-state index contributed by atoms with van der Waals surface area (Å²) in [6.07, 6.45) is 11.2. The number of aryl methyl sites for hydroxylation is 1. The monoisotopic (exact) mass is 311 g/mol. The highest BCUT2D eigenvalue weighted by Gasteiger charge is 2.47. The number of pyridine rings is 1. The molecule has 0 bridgehead atoms. The molecule has 2 aromatic heterocycles. The standard InChI is InChI=1S/C19H25N3O/c1-21-9-3-4-16(21)15-22-10-6-19(7-11-22)12-18(13-19)23-17-5-2-8-20-14-17/h2-5,8-9,14,18H,6-7,10-13,15H2,1H3. The highest BCUT2D eigenvalue weighted by Crippen LogP contribution is 2.50. The first-order chi connectivity index (χ1) is 11.2. The minimum Gasteiger partial charge on any atom is -0.489 e. The summed E-state index contributed by atoms with van der Waals surface area (Å²) in [5.41, 5.74) is 1.95. The molecule has 2 fully saturated rings. The molecule has 122 valence electrons. The van der Waals surface area contributed by atoms with Gasteiger partial charge < -0.3 is 9.30 Å². The maximum Gasteiger partial charge on any atom is 0.137 e. The second-order valence-electron chi connectivity index (χ2n) is 7.22. The van der Waals surface area contributed by atoms with Crippen LogP contribution in [0.5, 0.6) is 5.75 Å². The molecule has 0 amide bonds. The molecule has 0 N–H and O–H groups in total. The zero-order valence-corrected chi connectivity index (χ0v) is 13.8. The van der Waals surface area contributed by atoms with Crippen molar-refractivity contribution < 1.29 is 4.74 Å². The first kappa shape index (κ1) is 14.8. The molecule has 3 heterocycles. The van der Waals surface area contributed by atoms with Crippen molar-refractivity contribution >= 4 is 0 Å². The molecule has 1 aliphatic carbocycles. The Morgan fingerprint density at radius 2 is 2.04 bits per heavy atom. The van der Waals surface area contributed by atoms with Crippen LogP contribution in [0, 0.1) is 5.41 Å². The van der Waals surface area contributed by atoms with Gasteiger partial charge >= 0.3 is 0 Å². The van der Waals surface area contributed by atoms with Gasteiger partial charge in [-0.3, -0.25) is 9.88 Å². The average molecular weight is 311 g/mol. The predicted octanol–water partition coefficient (Wildman–Crippen LogP) is 3.24. The summed E-state index contributed by atoms with van der Waals surface area (Å²) in [5.74, 6) is 0.911. The number of hydrogen-bond acceptors (Lipinski definition) is 3. The van der Waals surface area contributed by atoms with E-state index in [2.05, 4.69) is 39.8 Å². The van der Waals surface area contributed by atoms with Gasteiger partial charge in [-0.25, -0.2) is 0 Å². The fourth-order valence-corrected chi connectivity index (χ4v) is 4.08. The number of rotatable bonds is 4. The number of aromatic nitrogens is 2. The summed E-state index contributed by atoms with van der Waals surface area (Å²) in [7, 11) is 2.13. The second kappa shape index (κ2) is 6.00. The quantitative estimate of drug-likeness (QED) is 0.868. The third kappa shape index (κ3) is 3.13. The Morgan fingerprint density at radius 3 is 2.70 bits per heavy atom. The van der Waals surface area contributed by atoms with Crippen LogP contribution < -0.4 is 4.74 Å². The molecule has 0 atom stereocenters. The van der Waals surface area contributed by atoms with Crippen molar-refractivity contribution in [3.05, 3.63) is 48.5 Å². The molecule has 1 saturated heterocycles. The maximum atomic E-state index is 6.03. The smallest absolute Gasteiger partial charge is 0.137 e. The minimum atomic E-state index is 0.388. The van der Waals surface area contributed by atoms with Gasteiger partial charge in [-0.1, -0.05) is 0 Å². The van der Waals surface area contributed by atoms with Gasteiger partial charge in [-0.15, -0.1) is 0 Å². The maximum absolute atomic E-state index is 6.03. The van der Waals surface area contributed by atoms with Crippen LogP contribution in [0.4, 0.5) is 0 Å². The Labute approximate surface area is 138 Å². The topological polar surface area (TPSA) is 30.3 Å². The van der Waals surface area contributed by atoms with E-state index in [1.54, 1.807) is 6.20 Å². The average Bonchev–Trinajstić information content (AvgIpc) is 2.94. The van der Waals surface area contributed by atoms with Crippen LogP contribution in [-0.2, 0) is 13.6 Å². The molecular weight excluding hydrogens is 286 g/mol. The van der Waals surface area contributed by atoms with Crippen molar-refractivity contribution in [1.82, 2.24) is 14.5 Å². The van der Waals surface area contributed by atoms with Crippen LogP contribution in [0.2, 0.25) is 0 Å². The summed E-state index contributed by atoms with van der Waals surface area (Å²) in [6.45, 7) is 3.50. The normalized spacial score (nSPS) is 21.3. The summed E-state index contributed by atoms with van der Waals surface area (Å²) in [5, 5.41) is 0. The van der Waals surface area contributed by atoms with Crippen LogP contribution in [-0.4, -0.2) is 33.6 Å². The molecule has 0 aromatic carbocycles. The largest absolute Gasteiger partial charge is 0.489 e. The zero-order valence-electron chi connectivity index (χ0n) is 13.8. The molecule has 1 aliphatic heterocycles. The molecule has 4 heteroatoms. The van der Waals surface area contributed by atoms with E-state index in [0.29, 0.717) is 11.5 Å². The van der Waals surface area contributed by atoms with Crippen LogP contribution in [0.15, 0.2) is 42.9 Å². The SMILES string of the molecule is Cn1cccc1CN1CCC2(CC1)CC(Oc1cccnc1)C2. The van der Waals surface area contributed by atoms with E-state index in [-0.39, 0.29) is 0 Å². The van der Waals surface area contributed by atoms with Crippen LogP contribution in [0.3, 0.4) is 0 Å². The van der Waals surface area contributed by atoms with E-state index in [4.69, 9.17) is 4.74 Å². The van der Waals surface area contributed by atoms with Gasteiger partial charge in [-0.2, -0.15) is 0 Å². The van der Waals surface area contributed by atoms with Crippen LogP contribution >= 0.6 is 0 Å². The Hall–Kier alpha value is -1.81. The molecule has 0 radical (unpaired) electrons. The van der Waals surface area contributed by atoms with Crippen molar-refractivity contribution in [2.45, 2.75) is 38.3 Å². The molecule has 2 aliphatic rings. The lowest BCUT2D eigenvalue weighted by Gasteiger charge is -2.51. The fraction of sp³-hybridized carbons (Fsp3) is 0.526. The Kier molecular flexibility index (Phi) is 3.85. The minimum absolute atomic E-state index is 0.388. The third-order valence-electron chi connectivity index (χ3n) is 5.61. The highest BCUT2D eigenvalue weighted by molar-refractivity contribution is 5.17. The molecule has 4 nitrogen and oxygen atoms in total. The van der Waals surface area contributed by atoms with E-state index in [0.717, 1.165) is 12.3 Å². The molecule has 4 rings (SSSR count). The van der Waals surface area contributed by atoms with E-state index in [1.165, 1.54) is 44.5 Å². The zero-order chi connectivity index (χ0) is 15.7. The van der Waals surface area contributed by atoms with E-state index >= 15 is 0 Å². The van der Waals surface area contributed by atoms with Gasteiger partial charge in [0, 0.05) is 31.7 Å². The van der Waals surface area contributed by atoms with Gasteiger partial charge in [-0.05, 0) is 68.5 Å². The van der Waals surface area contributed by atoms with E-state index in [1.807, 2.05) is 18.3 Å². The molecule has 0 unspecified atom stereocenters. The molecule has 23 heavy (non-hydrogen) atoms. The van der Waals surface area contributed by atoms with Gasteiger partial charge in [0.25, 0.3) is 0 Å². The third-order valence-corrected chi connectivity index (χ3v) is 5.61. The van der Waals surface area contributed by atoms with Gasteiger partial charge in [0.15, 0.2) is 0 Å². The summed E-state index contributed by atoms with van der Waals surface area (Å²) < 4.78 is 8.25. The van der Waals surface area contributed by atoms with Crippen molar-refractivity contribution in [1.29, 1.82) is 0 Å². The Balaban J connectivity index is 1.25. The lowest BCUT2D eigenvalue weighted by molar-refractivity contribution is -0.0567. The lowest BCUT2D eigenvalue weighted by atomic mass is 9.61. The number of ether oxygens (including phenoxy) is 1. The summed E-state index contributed by atoms with van der Waals surface area (Å²) >= 11 is 0. The summed E-state index contributed by atoms with van der Waals surface area (Å²) in [6, 6.07) is 8.30. The van der Waals surface area contributed by atoms with Crippen LogP contribution in [0.25, 0.3) is 0 Å². The van der Waals surface area contributed by atoms with E-state index < -0.39 is 0 Å². The highest BCUT2D eigenvalue weighted by atomic mass is 16.5. The first-order valence-electron chi connectivity index (χ1n) is 8.62. The molecule has 1 spiro atoms. The van der Waals surface area contributed by atoms with Gasteiger partial charge in [0.2, 0.25) is 0 Å². The van der Waals surface area contributed by atoms with Crippen molar-refractivity contribution in [2.75, 3.05) is 13.1 Å². The number of hydrogen-bond donors (Lipinski definition) is 0. The van der Waals surface area contributed by atoms with Crippen molar-refractivity contribution in [2.24, 2.45) is 12.5 Å². The van der Waals surface area contributed by atoms with Crippen LogP contribution in [0.1, 0.15) is 31.4 Å². The second-order valence-corrected chi connectivity index (χ2v) is 7.22. The predicted molar refractivity (Wildman–Crippen MR) is 90.2 cm³/mol. The lowest BCUT2D eigenvalue weighted by Crippen LogP contribution is -2.50. The van der Waals surface area contributed by atoms with Gasteiger partial charge in [0.05, 0.1) is 12.3 Å². The number of piperidine rings is 1. The number of nitrogens with zero attached hydrogens (tertiary/aromatic N) is 3. The summed E-state index contributed by atoms with van der Waals surface area (Å²) in [4.78, 5) is 6.71. The number of likely N-dealkylation sites (tertiary alicyclic amines) is 1.